The summed E-state index contributed by atoms with van der Waals surface area (Å²) in [6.45, 7) is 2.04. The van der Waals surface area contributed by atoms with Crippen LogP contribution in [0.15, 0.2) is 0 Å². The summed E-state index contributed by atoms with van der Waals surface area (Å²) in [5, 5.41) is 1.06. The standard InChI is InChI=1S/C2H5Br.HI/c1-2-3;/h2H2,1H3;1H. The average molecular weight is 237 g/mol. The fourth-order valence-electron chi connectivity index (χ4n) is 0. The lowest BCUT2D eigenvalue weighted by atomic mass is 11.0. The van der Waals surface area contributed by atoms with E-state index in [9.17, 15) is 0 Å². The molecule has 0 aliphatic carbocycles. The van der Waals surface area contributed by atoms with E-state index < -0.39 is 0 Å². The summed E-state index contributed by atoms with van der Waals surface area (Å²) in [4.78, 5) is 0. The molecule has 0 bridgehead atoms. The molecule has 28 valence electrons. The minimum absolute atomic E-state index is 0. The Morgan fingerprint density at radius 2 is 1.75 bits per heavy atom. The van der Waals surface area contributed by atoms with E-state index in [1.807, 2.05) is 6.92 Å². The minimum atomic E-state index is 0. The first kappa shape index (κ1) is 8.96. The summed E-state index contributed by atoms with van der Waals surface area (Å²) in [5.41, 5.74) is 0. The van der Waals surface area contributed by atoms with E-state index in [2.05, 4.69) is 15.9 Å². The van der Waals surface area contributed by atoms with Crippen molar-refractivity contribution in [3.63, 3.8) is 0 Å². The van der Waals surface area contributed by atoms with Crippen molar-refractivity contribution in [2.45, 2.75) is 6.92 Å². The summed E-state index contributed by atoms with van der Waals surface area (Å²) < 4.78 is 0. The van der Waals surface area contributed by atoms with E-state index >= 15 is 0 Å². The quantitative estimate of drug-likeness (QED) is 0.446. The number of hydrogen-bond donors (Lipinski definition) is 0. The first-order chi connectivity index (χ1) is 1.41. The molecule has 0 rings (SSSR count). The van der Waals surface area contributed by atoms with E-state index in [1.54, 1.807) is 0 Å². The Bertz CT molecular complexity index is 6.00. The van der Waals surface area contributed by atoms with Crippen LogP contribution in [0.1, 0.15) is 6.92 Å². The van der Waals surface area contributed by atoms with Crippen LogP contribution in [0.25, 0.3) is 0 Å². The highest BCUT2D eigenvalue weighted by molar-refractivity contribution is 14.0. The van der Waals surface area contributed by atoms with Gasteiger partial charge in [-0.2, -0.15) is 0 Å². The van der Waals surface area contributed by atoms with Gasteiger partial charge in [-0.05, 0) is 0 Å². The molecule has 0 amide bonds. The molecule has 0 spiro atoms. The Morgan fingerprint density at radius 3 is 1.75 bits per heavy atom. The van der Waals surface area contributed by atoms with E-state index in [0.29, 0.717) is 0 Å². The third-order valence-corrected chi connectivity index (χ3v) is 0. The van der Waals surface area contributed by atoms with Gasteiger partial charge in [0.05, 0.1) is 0 Å². The maximum atomic E-state index is 3.15. The van der Waals surface area contributed by atoms with Crippen molar-refractivity contribution in [1.29, 1.82) is 0 Å². The molecular formula is C2H6BrI. The molecule has 0 aromatic carbocycles. The van der Waals surface area contributed by atoms with Crippen LogP contribution < -0.4 is 0 Å². The number of halogens is 2. The minimum Gasteiger partial charge on any atom is -0.107 e. The van der Waals surface area contributed by atoms with Gasteiger partial charge < -0.3 is 0 Å². The largest absolute Gasteiger partial charge is 0.107 e. The molecule has 0 saturated heterocycles. The van der Waals surface area contributed by atoms with Crippen molar-refractivity contribution >= 4 is 39.9 Å². The predicted octanol–water partition coefficient (Wildman–Crippen LogP) is 2.02. The monoisotopic (exact) mass is 236 g/mol. The second-order valence-corrected chi connectivity index (χ2v) is 1.39. The molecule has 0 aromatic heterocycles. The van der Waals surface area contributed by atoms with E-state index in [1.165, 1.54) is 0 Å². The zero-order valence-corrected chi connectivity index (χ0v) is 6.41. The molecule has 2 heteroatoms. The van der Waals surface area contributed by atoms with Crippen molar-refractivity contribution in [3.8, 4) is 0 Å². The highest BCUT2D eigenvalue weighted by atomic mass is 127. The van der Waals surface area contributed by atoms with Crippen molar-refractivity contribution < 1.29 is 0 Å². The average Bonchev–Trinajstić information content (AvgIpc) is 0.918. The van der Waals surface area contributed by atoms with Crippen LogP contribution in [0.3, 0.4) is 0 Å². The topological polar surface area (TPSA) is 0 Å². The van der Waals surface area contributed by atoms with Crippen molar-refractivity contribution in [2.24, 2.45) is 0 Å². The van der Waals surface area contributed by atoms with Crippen molar-refractivity contribution in [3.05, 3.63) is 0 Å². The Labute approximate surface area is 52.1 Å². The zero-order valence-electron chi connectivity index (χ0n) is 2.49. The molecule has 0 unspecified atom stereocenters. The predicted molar refractivity (Wildman–Crippen MR) is 34.9 cm³/mol. The normalized spacial score (nSPS) is 4.50. The van der Waals surface area contributed by atoms with Crippen LogP contribution in [0, 0.1) is 0 Å². The fourth-order valence-corrected chi connectivity index (χ4v) is 0. The van der Waals surface area contributed by atoms with Crippen LogP contribution in [0.4, 0.5) is 0 Å². The lowest BCUT2D eigenvalue weighted by Gasteiger charge is -1.45. The van der Waals surface area contributed by atoms with E-state index in [-0.39, 0.29) is 24.0 Å². The first-order valence-corrected chi connectivity index (χ1v) is 2.10. The lowest BCUT2D eigenvalue weighted by molar-refractivity contribution is 1.56. The van der Waals surface area contributed by atoms with Gasteiger partial charge in [-0.25, -0.2) is 0 Å². The number of rotatable bonds is 0. The van der Waals surface area contributed by atoms with Crippen LogP contribution in [-0.2, 0) is 0 Å². The Hall–Kier alpha value is 1.21. The van der Waals surface area contributed by atoms with Crippen LogP contribution in [0.2, 0.25) is 0 Å². The molecule has 0 aliphatic rings. The molecule has 0 saturated carbocycles. The molecule has 4 heavy (non-hydrogen) atoms. The fraction of sp³-hybridized carbons (Fsp3) is 1.00. The van der Waals surface area contributed by atoms with Gasteiger partial charge in [-0.15, -0.1) is 24.0 Å². The summed E-state index contributed by atoms with van der Waals surface area (Å²) >= 11 is 3.15. The highest BCUT2D eigenvalue weighted by Gasteiger charge is 1.38. The molecule has 0 nitrogen and oxygen atoms in total. The third-order valence-electron chi connectivity index (χ3n) is 0. The Kier molecular flexibility index (Phi) is 19.9. The summed E-state index contributed by atoms with van der Waals surface area (Å²) in [6.07, 6.45) is 0. The molecule has 0 fully saturated rings. The SMILES string of the molecule is CCBr.I. The second-order valence-electron chi connectivity index (χ2n) is 0.267. The Morgan fingerprint density at radius 1 is 1.75 bits per heavy atom. The van der Waals surface area contributed by atoms with Gasteiger partial charge in [-0.3, -0.25) is 0 Å². The van der Waals surface area contributed by atoms with Gasteiger partial charge >= 0.3 is 0 Å². The summed E-state index contributed by atoms with van der Waals surface area (Å²) in [6, 6.07) is 0. The molecule has 0 radical (unpaired) electrons. The molecule has 0 N–H and O–H groups in total. The molecular weight excluding hydrogens is 231 g/mol. The van der Waals surface area contributed by atoms with Gasteiger partial charge in [0.2, 0.25) is 0 Å². The van der Waals surface area contributed by atoms with E-state index in [0.717, 1.165) is 5.33 Å². The van der Waals surface area contributed by atoms with Gasteiger partial charge in [0.25, 0.3) is 0 Å². The lowest BCUT2D eigenvalue weighted by Crippen LogP contribution is -1.34. The van der Waals surface area contributed by atoms with Gasteiger partial charge in [-0.1, -0.05) is 22.9 Å². The number of alkyl halides is 1. The first-order valence-electron chi connectivity index (χ1n) is 0.974. The van der Waals surface area contributed by atoms with Crippen molar-refractivity contribution in [2.75, 3.05) is 5.33 Å². The maximum absolute atomic E-state index is 3.15. The molecule has 0 heterocycles. The van der Waals surface area contributed by atoms with Crippen LogP contribution in [0.5, 0.6) is 0 Å². The molecule has 0 atom stereocenters. The highest BCUT2D eigenvalue weighted by Crippen LogP contribution is 1.67. The molecule has 0 aromatic rings. The van der Waals surface area contributed by atoms with Gasteiger partial charge in [0.15, 0.2) is 0 Å². The molecule has 0 aliphatic heterocycles. The van der Waals surface area contributed by atoms with Gasteiger partial charge in [0, 0.05) is 5.33 Å². The summed E-state index contributed by atoms with van der Waals surface area (Å²) in [7, 11) is 0. The van der Waals surface area contributed by atoms with Crippen molar-refractivity contribution in [1.82, 2.24) is 0 Å². The zero-order chi connectivity index (χ0) is 2.71. The smallest absolute Gasteiger partial charge is 0.000281 e. The Balaban J connectivity index is 0. The number of hydrogen-bond acceptors (Lipinski definition) is 0. The van der Waals surface area contributed by atoms with E-state index in [4.69, 9.17) is 0 Å². The van der Waals surface area contributed by atoms with Crippen LogP contribution in [-0.4, -0.2) is 5.33 Å². The van der Waals surface area contributed by atoms with Gasteiger partial charge in [0.1, 0.15) is 0 Å². The van der Waals surface area contributed by atoms with Crippen LogP contribution >= 0.6 is 39.9 Å². The summed E-state index contributed by atoms with van der Waals surface area (Å²) in [5.74, 6) is 0. The second kappa shape index (κ2) is 8.88. The maximum Gasteiger partial charge on any atom is 0.000281 e. The third kappa shape index (κ3) is 10.7.